The van der Waals surface area contributed by atoms with E-state index in [1.165, 1.54) is 41.2 Å². The van der Waals surface area contributed by atoms with Gasteiger partial charge in [-0.3, -0.25) is 0 Å². The molecule has 2 nitrogen and oxygen atoms in total. The summed E-state index contributed by atoms with van der Waals surface area (Å²) in [7, 11) is 0. The Balaban J connectivity index is 2.35. The molecule has 0 N–H and O–H groups in total. The average molecular weight is 254 g/mol. The smallest absolute Gasteiger partial charge is 0.0734 e. The van der Waals surface area contributed by atoms with E-state index < -0.39 is 0 Å². The third kappa shape index (κ3) is 2.03. The topological polar surface area (TPSA) is 25.8 Å². The van der Waals surface area contributed by atoms with Crippen LogP contribution in [-0.2, 0) is 12.8 Å². The van der Waals surface area contributed by atoms with Crippen molar-refractivity contribution in [3.8, 4) is 0 Å². The molecule has 1 aromatic heterocycles. The second-order valence-electron chi connectivity index (χ2n) is 6.30. The van der Waals surface area contributed by atoms with Gasteiger partial charge < -0.3 is 0 Å². The fourth-order valence-electron chi connectivity index (χ4n) is 3.12. The minimum absolute atomic E-state index is 0.427. The molecule has 0 saturated heterocycles. The first kappa shape index (κ1) is 12.6. The maximum absolute atomic E-state index is 4.50. The van der Waals surface area contributed by atoms with E-state index in [0.29, 0.717) is 11.8 Å². The quantitative estimate of drug-likeness (QED) is 0.795. The summed E-state index contributed by atoms with van der Waals surface area (Å²) in [6.45, 7) is 8.80. The van der Waals surface area contributed by atoms with Crippen LogP contribution in [0.15, 0.2) is 12.1 Å². The molecule has 0 aliphatic heterocycles. The minimum Gasteiger partial charge on any atom is -0.154 e. The van der Waals surface area contributed by atoms with E-state index in [1.807, 2.05) is 0 Å². The molecule has 100 valence electrons. The van der Waals surface area contributed by atoms with Gasteiger partial charge in [-0.05, 0) is 54.4 Å². The van der Waals surface area contributed by atoms with Crippen molar-refractivity contribution < 1.29 is 0 Å². The Bertz CT molecular complexity index is 572. The summed E-state index contributed by atoms with van der Waals surface area (Å²) in [5.41, 5.74) is 5.34. The van der Waals surface area contributed by atoms with E-state index in [0.717, 1.165) is 11.4 Å². The molecule has 1 aliphatic rings. The summed E-state index contributed by atoms with van der Waals surface area (Å²) in [4.78, 5) is 0. The lowest BCUT2D eigenvalue weighted by atomic mass is 9.94. The molecule has 0 fully saturated rings. The number of hydrogen-bond acceptors (Lipinski definition) is 2. The van der Waals surface area contributed by atoms with Crippen molar-refractivity contribution >= 4 is 10.8 Å². The van der Waals surface area contributed by atoms with Crippen molar-refractivity contribution in [2.45, 2.75) is 58.8 Å². The molecule has 1 aliphatic carbocycles. The van der Waals surface area contributed by atoms with Crippen LogP contribution in [0.5, 0.6) is 0 Å². The van der Waals surface area contributed by atoms with Crippen LogP contribution < -0.4 is 0 Å². The Morgan fingerprint density at radius 3 is 1.58 bits per heavy atom. The number of nitrogens with zero attached hydrogens (tertiary/aromatic N) is 2. The maximum atomic E-state index is 4.50. The normalized spacial score (nSPS) is 14.6. The molecule has 2 heteroatoms. The minimum atomic E-state index is 0.427. The lowest BCUT2D eigenvalue weighted by Gasteiger charge is -2.15. The van der Waals surface area contributed by atoms with Crippen LogP contribution in [0.2, 0.25) is 0 Å². The second-order valence-corrected chi connectivity index (χ2v) is 6.30. The van der Waals surface area contributed by atoms with Crippen molar-refractivity contribution in [3.05, 3.63) is 34.6 Å². The molecule has 0 bridgehead atoms. The van der Waals surface area contributed by atoms with Crippen LogP contribution in [0.25, 0.3) is 10.8 Å². The predicted molar refractivity (Wildman–Crippen MR) is 79.7 cm³/mol. The van der Waals surface area contributed by atoms with Crippen LogP contribution in [-0.4, -0.2) is 10.2 Å². The number of hydrogen-bond donors (Lipinski definition) is 0. The fraction of sp³-hybridized carbons (Fsp3) is 0.529. The molecule has 19 heavy (non-hydrogen) atoms. The van der Waals surface area contributed by atoms with Gasteiger partial charge in [-0.15, -0.1) is 0 Å². The standard InChI is InChI=1S/C17H22N2/c1-10(2)16-14-8-12-6-5-7-13(12)9-15(14)17(11(3)4)19-18-16/h8-11H,5-7H2,1-4H3. The summed E-state index contributed by atoms with van der Waals surface area (Å²) in [6, 6.07) is 4.76. The molecule has 0 atom stereocenters. The second kappa shape index (κ2) is 4.59. The van der Waals surface area contributed by atoms with E-state index in [9.17, 15) is 0 Å². The molecule has 0 radical (unpaired) electrons. The highest BCUT2D eigenvalue weighted by atomic mass is 15.1. The van der Waals surface area contributed by atoms with Gasteiger partial charge >= 0.3 is 0 Å². The first-order valence-electron chi connectivity index (χ1n) is 7.40. The van der Waals surface area contributed by atoms with Gasteiger partial charge in [-0.25, -0.2) is 0 Å². The van der Waals surface area contributed by atoms with Gasteiger partial charge in [-0.1, -0.05) is 27.7 Å². The molecular weight excluding hydrogens is 232 g/mol. The predicted octanol–water partition coefficient (Wildman–Crippen LogP) is 4.37. The van der Waals surface area contributed by atoms with Crippen molar-refractivity contribution in [2.24, 2.45) is 0 Å². The zero-order chi connectivity index (χ0) is 13.6. The van der Waals surface area contributed by atoms with Gasteiger partial charge in [0, 0.05) is 10.8 Å². The Morgan fingerprint density at radius 2 is 1.21 bits per heavy atom. The molecule has 2 aromatic rings. The van der Waals surface area contributed by atoms with E-state index in [1.54, 1.807) is 0 Å². The van der Waals surface area contributed by atoms with Gasteiger partial charge in [0.05, 0.1) is 11.4 Å². The van der Waals surface area contributed by atoms with Crippen LogP contribution >= 0.6 is 0 Å². The Kier molecular flexibility index (Phi) is 3.04. The number of aromatic nitrogens is 2. The van der Waals surface area contributed by atoms with E-state index in [4.69, 9.17) is 0 Å². The highest BCUT2D eigenvalue weighted by Crippen LogP contribution is 2.33. The van der Waals surface area contributed by atoms with Crippen molar-refractivity contribution in [3.63, 3.8) is 0 Å². The number of rotatable bonds is 2. The summed E-state index contributed by atoms with van der Waals surface area (Å²) >= 11 is 0. The molecule has 1 heterocycles. The number of fused-ring (bicyclic) bond motifs is 2. The lowest BCUT2D eigenvalue weighted by Crippen LogP contribution is -2.04. The lowest BCUT2D eigenvalue weighted by molar-refractivity contribution is 0.750. The van der Waals surface area contributed by atoms with Crippen LogP contribution in [0.3, 0.4) is 0 Å². The Morgan fingerprint density at radius 1 is 0.789 bits per heavy atom. The molecule has 0 unspecified atom stereocenters. The molecule has 0 spiro atoms. The fourth-order valence-corrected chi connectivity index (χ4v) is 3.12. The first-order valence-corrected chi connectivity index (χ1v) is 7.40. The summed E-state index contributed by atoms with van der Waals surface area (Å²) < 4.78 is 0. The third-order valence-corrected chi connectivity index (χ3v) is 4.14. The molecule has 0 saturated carbocycles. The zero-order valence-corrected chi connectivity index (χ0v) is 12.3. The van der Waals surface area contributed by atoms with Gasteiger partial charge in [0.1, 0.15) is 0 Å². The Labute approximate surface area is 115 Å². The van der Waals surface area contributed by atoms with E-state index in [-0.39, 0.29) is 0 Å². The summed E-state index contributed by atoms with van der Waals surface area (Å²) in [6.07, 6.45) is 3.74. The SMILES string of the molecule is CC(C)c1nnc(C(C)C)c2cc3c(cc12)CCC3. The molecule has 3 rings (SSSR count). The summed E-state index contributed by atoms with van der Waals surface area (Å²) in [5.74, 6) is 0.853. The zero-order valence-electron chi connectivity index (χ0n) is 12.3. The highest BCUT2D eigenvalue weighted by Gasteiger charge is 2.18. The summed E-state index contributed by atoms with van der Waals surface area (Å²) in [5, 5.41) is 11.7. The van der Waals surface area contributed by atoms with E-state index >= 15 is 0 Å². The number of benzene rings is 1. The van der Waals surface area contributed by atoms with Crippen LogP contribution in [0.1, 0.15) is 68.5 Å². The van der Waals surface area contributed by atoms with Crippen LogP contribution in [0.4, 0.5) is 0 Å². The first-order chi connectivity index (χ1) is 9.08. The van der Waals surface area contributed by atoms with Crippen molar-refractivity contribution in [2.75, 3.05) is 0 Å². The monoisotopic (exact) mass is 254 g/mol. The van der Waals surface area contributed by atoms with Crippen LogP contribution in [0, 0.1) is 0 Å². The van der Waals surface area contributed by atoms with Gasteiger partial charge in [0.25, 0.3) is 0 Å². The molecule has 0 amide bonds. The molecular formula is C17H22N2. The largest absolute Gasteiger partial charge is 0.154 e. The van der Waals surface area contributed by atoms with Gasteiger partial charge in [0.15, 0.2) is 0 Å². The van der Waals surface area contributed by atoms with Crippen molar-refractivity contribution in [1.29, 1.82) is 0 Å². The average Bonchev–Trinajstić information content (AvgIpc) is 2.81. The van der Waals surface area contributed by atoms with Gasteiger partial charge in [-0.2, -0.15) is 10.2 Å². The Hall–Kier alpha value is -1.44. The number of aryl methyl sites for hydroxylation is 2. The van der Waals surface area contributed by atoms with E-state index in [2.05, 4.69) is 50.0 Å². The molecule has 1 aromatic carbocycles. The highest BCUT2D eigenvalue weighted by molar-refractivity contribution is 5.88. The van der Waals surface area contributed by atoms with Crippen molar-refractivity contribution in [1.82, 2.24) is 10.2 Å². The third-order valence-electron chi connectivity index (χ3n) is 4.14. The maximum Gasteiger partial charge on any atom is 0.0734 e. The van der Waals surface area contributed by atoms with Gasteiger partial charge in [0.2, 0.25) is 0 Å².